The highest BCUT2D eigenvalue weighted by Gasteiger charge is 1.93. The molecule has 0 aliphatic carbocycles. The van der Waals surface area contributed by atoms with Crippen molar-refractivity contribution < 1.29 is 0 Å². The average Bonchev–Trinajstić information content (AvgIpc) is 2.51. The van der Waals surface area contributed by atoms with Gasteiger partial charge in [-0.3, -0.25) is 0 Å². The van der Waals surface area contributed by atoms with Gasteiger partial charge in [-0.15, -0.1) is 0 Å². The molecule has 0 aromatic carbocycles. The van der Waals surface area contributed by atoms with Gasteiger partial charge < -0.3 is 4.40 Å². The third kappa shape index (κ3) is 1.13. The Balaban J connectivity index is 2.67. The molecule has 0 spiro atoms. The van der Waals surface area contributed by atoms with Crippen LogP contribution in [0.15, 0.2) is 35.7 Å². The lowest BCUT2D eigenvalue weighted by atomic mass is 10.4. The molecule has 0 saturated heterocycles. The Bertz CT molecular complexity index is 454. The lowest BCUT2D eigenvalue weighted by Crippen LogP contribution is -1.79. The summed E-state index contributed by atoms with van der Waals surface area (Å²) in [5.74, 6) is 0. The summed E-state index contributed by atoms with van der Waals surface area (Å²) < 4.78 is 1.88. The Labute approximate surface area is 74.4 Å². The summed E-state index contributed by atoms with van der Waals surface area (Å²) >= 11 is 4.49. The number of isothiocyanates is 1. The van der Waals surface area contributed by atoms with E-state index in [0.29, 0.717) is 0 Å². The van der Waals surface area contributed by atoms with Crippen molar-refractivity contribution in [1.29, 1.82) is 0 Å². The van der Waals surface area contributed by atoms with E-state index < -0.39 is 0 Å². The summed E-state index contributed by atoms with van der Waals surface area (Å²) in [4.78, 5) is 7.95. The summed E-state index contributed by atoms with van der Waals surface area (Å²) in [6.45, 7) is 0. The molecule has 3 nitrogen and oxygen atoms in total. The Morgan fingerprint density at radius 1 is 1.50 bits per heavy atom. The first-order valence-corrected chi connectivity index (χ1v) is 3.81. The molecule has 2 rings (SSSR count). The molecule has 2 aromatic rings. The van der Waals surface area contributed by atoms with E-state index in [9.17, 15) is 0 Å². The van der Waals surface area contributed by atoms with E-state index >= 15 is 0 Å². The van der Waals surface area contributed by atoms with Crippen molar-refractivity contribution in [2.24, 2.45) is 4.99 Å². The fraction of sp³-hybridized carbons (Fsp3) is 0. The molecule has 0 aliphatic rings. The molecule has 0 amide bonds. The topological polar surface area (TPSA) is 29.7 Å². The Morgan fingerprint density at radius 3 is 3.25 bits per heavy atom. The number of thiocarbonyl (C=S) groups is 1. The van der Waals surface area contributed by atoms with Crippen molar-refractivity contribution in [2.45, 2.75) is 0 Å². The minimum atomic E-state index is 0.788. The largest absolute Gasteiger partial charge is 0.305 e. The van der Waals surface area contributed by atoms with Crippen molar-refractivity contribution in [3.63, 3.8) is 0 Å². The van der Waals surface area contributed by atoms with Crippen molar-refractivity contribution in [1.82, 2.24) is 9.38 Å². The molecular formula is C8H5N3S. The van der Waals surface area contributed by atoms with Crippen LogP contribution in [-0.4, -0.2) is 14.5 Å². The van der Waals surface area contributed by atoms with E-state index in [2.05, 4.69) is 27.4 Å². The zero-order chi connectivity index (χ0) is 8.39. The normalized spacial score (nSPS) is 9.67. The van der Waals surface area contributed by atoms with E-state index in [1.807, 2.05) is 28.9 Å². The van der Waals surface area contributed by atoms with E-state index in [-0.39, 0.29) is 0 Å². The highest BCUT2D eigenvalue weighted by Crippen LogP contribution is 2.11. The summed E-state index contributed by atoms with van der Waals surface area (Å²) in [6.07, 6.45) is 5.44. The van der Waals surface area contributed by atoms with Gasteiger partial charge in [0, 0.05) is 18.6 Å². The third-order valence-electron chi connectivity index (χ3n) is 1.55. The Hall–Kier alpha value is -1.51. The van der Waals surface area contributed by atoms with Gasteiger partial charge in [0.1, 0.15) is 5.65 Å². The maximum atomic E-state index is 4.49. The molecule has 58 valence electrons. The van der Waals surface area contributed by atoms with Gasteiger partial charge in [-0.05, 0) is 24.4 Å². The second-order valence-electron chi connectivity index (χ2n) is 2.28. The Kier molecular flexibility index (Phi) is 1.70. The molecule has 0 unspecified atom stereocenters. The van der Waals surface area contributed by atoms with Crippen LogP contribution in [0, 0.1) is 0 Å². The van der Waals surface area contributed by atoms with Gasteiger partial charge in [0.05, 0.1) is 10.8 Å². The van der Waals surface area contributed by atoms with Crippen molar-refractivity contribution >= 4 is 28.7 Å². The highest BCUT2D eigenvalue weighted by atomic mass is 32.1. The van der Waals surface area contributed by atoms with Crippen LogP contribution in [0.1, 0.15) is 0 Å². The van der Waals surface area contributed by atoms with Crippen LogP contribution in [0.5, 0.6) is 0 Å². The lowest BCUT2D eigenvalue weighted by Gasteiger charge is -1.93. The molecule has 0 atom stereocenters. The van der Waals surface area contributed by atoms with Gasteiger partial charge in [-0.1, -0.05) is 0 Å². The van der Waals surface area contributed by atoms with E-state index in [1.165, 1.54) is 0 Å². The van der Waals surface area contributed by atoms with E-state index in [1.54, 1.807) is 6.20 Å². The number of hydrogen-bond donors (Lipinski definition) is 0. The van der Waals surface area contributed by atoms with Crippen molar-refractivity contribution in [2.75, 3.05) is 0 Å². The quantitative estimate of drug-likeness (QED) is 0.490. The van der Waals surface area contributed by atoms with Gasteiger partial charge in [0.25, 0.3) is 0 Å². The fourth-order valence-electron chi connectivity index (χ4n) is 1.03. The molecule has 4 heteroatoms. The number of pyridine rings is 1. The smallest absolute Gasteiger partial charge is 0.136 e. The standard InChI is InChI=1S/C8H5N3S/c12-6-10-7-1-2-8-9-3-4-11(8)5-7/h1-5H. The van der Waals surface area contributed by atoms with Crippen LogP contribution in [0.4, 0.5) is 5.69 Å². The first kappa shape index (κ1) is 7.16. The molecular weight excluding hydrogens is 170 g/mol. The number of rotatable bonds is 1. The number of aromatic nitrogens is 2. The molecule has 2 aromatic heterocycles. The molecule has 0 bridgehead atoms. The van der Waals surface area contributed by atoms with Crippen molar-refractivity contribution in [3.8, 4) is 0 Å². The molecule has 0 saturated carbocycles. The second-order valence-corrected chi connectivity index (χ2v) is 2.47. The van der Waals surface area contributed by atoms with Gasteiger partial charge in [0.15, 0.2) is 0 Å². The second kappa shape index (κ2) is 2.85. The average molecular weight is 175 g/mol. The number of hydrogen-bond acceptors (Lipinski definition) is 3. The van der Waals surface area contributed by atoms with E-state index in [4.69, 9.17) is 0 Å². The number of imidazole rings is 1. The minimum absolute atomic E-state index is 0.788. The predicted octanol–water partition coefficient (Wildman–Crippen LogP) is 2.07. The predicted molar refractivity (Wildman–Crippen MR) is 49.9 cm³/mol. The fourth-order valence-corrected chi connectivity index (χ4v) is 1.13. The van der Waals surface area contributed by atoms with Gasteiger partial charge >= 0.3 is 0 Å². The van der Waals surface area contributed by atoms with Crippen LogP contribution in [0.2, 0.25) is 0 Å². The van der Waals surface area contributed by atoms with Crippen molar-refractivity contribution in [3.05, 3.63) is 30.7 Å². The Morgan fingerprint density at radius 2 is 2.42 bits per heavy atom. The zero-order valence-corrected chi connectivity index (χ0v) is 6.95. The maximum Gasteiger partial charge on any atom is 0.136 e. The highest BCUT2D eigenvalue weighted by molar-refractivity contribution is 7.78. The number of nitrogens with zero attached hydrogens (tertiary/aromatic N) is 3. The van der Waals surface area contributed by atoms with Crippen LogP contribution >= 0.6 is 12.2 Å². The summed E-state index contributed by atoms with van der Waals surface area (Å²) in [5, 5.41) is 2.32. The molecule has 0 radical (unpaired) electrons. The lowest BCUT2D eigenvalue weighted by molar-refractivity contribution is 1.18. The summed E-state index contributed by atoms with van der Waals surface area (Å²) in [5.41, 5.74) is 1.69. The number of fused-ring (bicyclic) bond motifs is 1. The van der Waals surface area contributed by atoms with Gasteiger partial charge in [0.2, 0.25) is 0 Å². The maximum absolute atomic E-state index is 4.49. The van der Waals surface area contributed by atoms with Crippen LogP contribution < -0.4 is 0 Å². The third-order valence-corrected chi connectivity index (χ3v) is 1.64. The molecule has 0 fully saturated rings. The zero-order valence-electron chi connectivity index (χ0n) is 6.14. The summed E-state index contributed by atoms with van der Waals surface area (Å²) in [7, 11) is 0. The molecule has 0 aliphatic heterocycles. The SMILES string of the molecule is S=C=Nc1ccc2nccn2c1. The van der Waals surface area contributed by atoms with Crippen LogP contribution in [0.3, 0.4) is 0 Å². The van der Waals surface area contributed by atoms with Gasteiger partial charge in [-0.25, -0.2) is 4.98 Å². The molecule has 0 N–H and O–H groups in total. The summed E-state index contributed by atoms with van der Waals surface area (Å²) in [6, 6.07) is 3.73. The minimum Gasteiger partial charge on any atom is -0.305 e. The van der Waals surface area contributed by atoms with Gasteiger partial charge in [-0.2, -0.15) is 4.99 Å². The molecule has 12 heavy (non-hydrogen) atoms. The first-order chi connectivity index (χ1) is 5.90. The number of aliphatic imine (C=N–C) groups is 1. The monoisotopic (exact) mass is 175 g/mol. The van der Waals surface area contributed by atoms with E-state index in [0.717, 1.165) is 11.3 Å². The van der Waals surface area contributed by atoms with Crippen LogP contribution in [-0.2, 0) is 0 Å². The first-order valence-electron chi connectivity index (χ1n) is 3.41. The van der Waals surface area contributed by atoms with Crippen LogP contribution in [0.25, 0.3) is 5.65 Å². The molecule has 2 heterocycles.